The van der Waals surface area contributed by atoms with E-state index in [1.54, 1.807) is 0 Å². The third-order valence-corrected chi connectivity index (χ3v) is 5.08. The zero-order valence-corrected chi connectivity index (χ0v) is 14.2. The fraction of sp³-hybridized carbons (Fsp3) is 0.333. The summed E-state index contributed by atoms with van der Waals surface area (Å²) in [7, 11) is 0. The van der Waals surface area contributed by atoms with Crippen molar-refractivity contribution in [3.63, 3.8) is 0 Å². The Labute approximate surface area is 145 Å². The molecule has 0 bridgehead atoms. The molecular formula is C18H21N3O2S. The second-order valence-corrected chi connectivity index (χ2v) is 6.79. The number of nitrogens with zero attached hydrogens (tertiary/aromatic N) is 1. The molecule has 1 atom stereocenters. The first-order chi connectivity index (χ1) is 11.6. The Kier molecular flexibility index (Phi) is 5.27. The molecule has 3 N–H and O–H groups in total. The van der Waals surface area contributed by atoms with Crippen LogP contribution in [-0.4, -0.2) is 35.8 Å². The van der Waals surface area contributed by atoms with Gasteiger partial charge in [0.15, 0.2) is 0 Å². The third-order valence-electron chi connectivity index (χ3n) is 4.40. The Morgan fingerprint density at radius 3 is 2.46 bits per heavy atom. The number of nitrogens with one attached hydrogen (secondary N) is 1. The van der Waals surface area contributed by atoms with Crippen molar-refractivity contribution in [1.29, 1.82) is 0 Å². The Balaban J connectivity index is 1.59. The number of primary amides is 1. The maximum atomic E-state index is 12.1. The van der Waals surface area contributed by atoms with Crippen LogP contribution in [0.5, 0.6) is 0 Å². The third kappa shape index (κ3) is 3.83. The van der Waals surface area contributed by atoms with E-state index in [2.05, 4.69) is 10.2 Å². The number of benzene rings is 1. The lowest BCUT2D eigenvalue weighted by atomic mass is 9.98. The first-order valence-electron chi connectivity index (χ1n) is 8.06. The standard InChI is InChI=1S/C18H21N3O2S/c19-17(22)16(13-4-2-1-3-5-13)21-9-6-15(7-10-21)20-18(23)14-8-11-24-12-14/h1-5,8,11-12,15-16H,6-7,9-10H2,(H2,19,22)(H,20,23)/t16-/m1/s1. The molecule has 6 heteroatoms. The molecule has 126 valence electrons. The fourth-order valence-electron chi connectivity index (χ4n) is 3.15. The minimum Gasteiger partial charge on any atom is -0.368 e. The zero-order valence-electron chi connectivity index (χ0n) is 13.4. The van der Waals surface area contributed by atoms with Gasteiger partial charge >= 0.3 is 0 Å². The first kappa shape index (κ1) is 16.7. The van der Waals surface area contributed by atoms with E-state index in [0.717, 1.165) is 31.5 Å². The Morgan fingerprint density at radius 1 is 1.17 bits per heavy atom. The van der Waals surface area contributed by atoms with E-state index in [1.807, 2.05) is 47.2 Å². The number of rotatable bonds is 5. The average molecular weight is 343 g/mol. The predicted octanol–water partition coefficient (Wildman–Crippen LogP) is 2.17. The van der Waals surface area contributed by atoms with E-state index in [9.17, 15) is 9.59 Å². The van der Waals surface area contributed by atoms with Gasteiger partial charge < -0.3 is 11.1 Å². The fourth-order valence-corrected chi connectivity index (χ4v) is 3.79. The van der Waals surface area contributed by atoms with Crippen molar-refractivity contribution >= 4 is 23.2 Å². The highest BCUT2D eigenvalue weighted by Crippen LogP contribution is 2.24. The van der Waals surface area contributed by atoms with E-state index in [-0.39, 0.29) is 17.9 Å². The SMILES string of the molecule is NC(=O)[C@@H](c1ccccc1)N1CCC(NC(=O)c2ccsc2)CC1. The Morgan fingerprint density at radius 2 is 1.88 bits per heavy atom. The number of carbonyl (C=O) groups is 2. The molecule has 5 nitrogen and oxygen atoms in total. The van der Waals surface area contributed by atoms with Crippen molar-refractivity contribution in [2.45, 2.75) is 24.9 Å². The lowest BCUT2D eigenvalue weighted by Crippen LogP contribution is -2.48. The summed E-state index contributed by atoms with van der Waals surface area (Å²) >= 11 is 1.51. The van der Waals surface area contributed by atoms with Gasteiger partial charge in [0.1, 0.15) is 6.04 Å². The molecule has 0 unspecified atom stereocenters. The molecule has 1 aromatic carbocycles. The van der Waals surface area contributed by atoms with E-state index in [1.165, 1.54) is 11.3 Å². The van der Waals surface area contributed by atoms with Gasteiger partial charge in [0, 0.05) is 30.1 Å². The largest absolute Gasteiger partial charge is 0.368 e. The van der Waals surface area contributed by atoms with Crippen LogP contribution in [-0.2, 0) is 4.79 Å². The lowest BCUT2D eigenvalue weighted by Gasteiger charge is -2.36. The molecule has 0 spiro atoms. The smallest absolute Gasteiger partial charge is 0.252 e. The van der Waals surface area contributed by atoms with Crippen LogP contribution in [0.15, 0.2) is 47.2 Å². The van der Waals surface area contributed by atoms with Crippen LogP contribution < -0.4 is 11.1 Å². The summed E-state index contributed by atoms with van der Waals surface area (Å²) < 4.78 is 0. The monoisotopic (exact) mass is 343 g/mol. The normalized spacial score (nSPS) is 17.3. The van der Waals surface area contributed by atoms with Crippen LogP contribution >= 0.6 is 11.3 Å². The Bertz CT molecular complexity index is 680. The highest BCUT2D eigenvalue weighted by atomic mass is 32.1. The van der Waals surface area contributed by atoms with Gasteiger partial charge in [-0.3, -0.25) is 14.5 Å². The molecular weight excluding hydrogens is 322 g/mol. The van der Waals surface area contributed by atoms with Crippen molar-refractivity contribution in [2.24, 2.45) is 5.73 Å². The van der Waals surface area contributed by atoms with E-state index >= 15 is 0 Å². The van der Waals surface area contributed by atoms with Crippen LogP contribution in [0, 0.1) is 0 Å². The molecule has 1 aliphatic rings. The van der Waals surface area contributed by atoms with E-state index < -0.39 is 6.04 Å². The Hall–Kier alpha value is -2.18. The quantitative estimate of drug-likeness (QED) is 0.874. The maximum absolute atomic E-state index is 12.1. The van der Waals surface area contributed by atoms with Gasteiger partial charge in [0.25, 0.3) is 5.91 Å². The van der Waals surface area contributed by atoms with Crippen LogP contribution in [0.4, 0.5) is 0 Å². The van der Waals surface area contributed by atoms with Crippen LogP contribution in [0.3, 0.4) is 0 Å². The number of carbonyl (C=O) groups excluding carboxylic acids is 2. The molecule has 2 aromatic rings. The predicted molar refractivity (Wildman–Crippen MR) is 94.8 cm³/mol. The van der Waals surface area contributed by atoms with Crippen molar-refractivity contribution in [2.75, 3.05) is 13.1 Å². The summed E-state index contributed by atoms with van der Waals surface area (Å²) in [4.78, 5) is 26.2. The molecule has 1 fully saturated rings. The molecule has 0 radical (unpaired) electrons. The number of hydrogen-bond donors (Lipinski definition) is 2. The minimum atomic E-state index is -0.403. The number of amides is 2. The number of hydrogen-bond acceptors (Lipinski definition) is 4. The molecule has 2 heterocycles. The highest BCUT2D eigenvalue weighted by molar-refractivity contribution is 7.08. The maximum Gasteiger partial charge on any atom is 0.252 e. The number of nitrogens with two attached hydrogens (primary N) is 1. The minimum absolute atomic E-state index is 0.0239. The second kappa shape index (κ2) is 7.59. The number of likely N-dealkylation sites (tertiary alicyclic amines) is 1. The van der Waals surface area contributed by atoms with Gasteiger partial charge in [-0.2, -0.15) is 11.3 Å². The van der Waals surface area contributed by atoms with Crippen molar-refractivity contribution in [1.82, 2.24) is 10.2 Å². The molecule has 3 rings (SSSR count). The molecule has 0 saturated carbocycles. The highest BCUT2D eigenvalue weighted by Gasteiger charge is 2.30. The second-order valence-electron chi connectivity index (χ2n) is 6.01. The summed E-state index contributed by atoms with van der Waals surface area (Å²) in [6.45, 7) is 1.47. The summed E-state index contributed by atoms with van der Waals surface area (Å²) in [5, 5.41) is 6.82. The number of thiophene rings is 1. The van der Waals surface area contributed by atoms with Gasteiger partial charge in [0.2, 0.25) is 5.91 Å². The summed E-state index contributed by atoms with van der Waals surface area (Å²) in [5.74, 6) is -0.355. The summed E-state index contributed by atoms with van der Waals surface area (Å²) in [6.07, 6.45) is 1.62. The molecule has 1 saturated heterocycles. The average Bonchev–Trinajstić information content (AvgIpc) is 3.12. The lowest BCUT2D eigenvalue weighted by molar-refractivity contribution is -0.124. The van der Waals surface area contributed by atoms with Crippen LogP contribution in [0.2, 0.25) is 0 Å². The van der Waals surface area contributed by atoms with Crippen molar-refractivity contribution in [3.05, 3.63) is 58.3 Å². The molecule has 1 aromatic heterocycles. The topological polar surface area (TPSA) is 75.4 Å². The molecule has 2 amide bonds. The van der Waals surface area contributed by atoms with E-state index in [0.29, 0.717) is 5.56 Å². The summed E-state index contributed by atoms with van der Waals surface area (Å²) in [6, 6.07) is 11.2. The van der Waals surface area contributed by atoms with Crippen molar-refractivity contribution < 1.29 is 9.59 Å². The van der Waals surface area contributed by atoms with Gasteiger partial charge in [-0.15, -0.1) is 0 Å². The van der Waals surface area contributed by atoms with Crippen LogP contribution in [0.1, 0.15) is 34.8 Å². The van der Waals surface area contributed by atoms with Crippen molar-refractivity contribution in [3.8, 4) is 0 Å². The van der Waals surface area contributed by atoms with Crippen LogP contribution in [0.25, 0.3) is 0 Å². The van der Waals surface area contributed by atoms with Gasteiger partial charge in [-0.1, -0.05) is 30.3 Å². The molecule has 1 aliphatic heterocycles. The van der Waals surface area contributed by atoms with Gasteiger partial charge in [-0.25, -0.2) is 0 Å². The first-order valence-corrected chi connectivity index (χ1v) is 9.01. The zero-order chi connectivity index (χ0) is 16.9. The van der Waals surface area contributed by atoms with Gasteiger partial charge in [0.05, 0.1) is 0 Å². The molecule has 0 aliphatic carbocycles. The molecule has 24 heavy (non-hydrogen) atoms. The van der Waals surface area contributed by atoms with E-state index in [4.69, 9.17) is 5.73 Å². The number of piperidine rings is 1. The summed E-state index contributed by atoms with van der Waals surface area (Å²) in [5.41, 5.74) is 7.26. The van der Waals surface area contributed by atoms with Gasteiger partial charge in [-0.05, 0) is 29.9 Å².